The van der Waals surface area contributed by atoms with Gasteiger partial charge in [0, 0.05) is 6.54 Å². The summed E-state index contributed by atoms with van der Waals surface area (Å²) in [4.78, 5) is 0. The number of aryl methyl sites for hydroxylation is 1. The van der Waals surface area contributed by atoms with Crippen molar-refractivity contribution in [2.24, 2.45) is 0 Å². The maximum atomic E-state index is 11.9. The Morgan fingerprint density at radius 2 is 2.06 bits per heavy atom. The van der Waals surface area contributed by atoms with Crippen LogP contribution in [-0.4, -0.2) is 25.4 Å². The van der Waals surface area contributed by atoms with Gasteiger partial charge in [-0.3, -0.25) is 0 Å². The maximum Gasteiger partial charge on any atom is 0.401 e. The first-order valence-electron chi connectivity index (χ1n) is 5.37. The first kappa shape index (κ1) is 13.8. The van der Waals surface area contributed by atoms with Crippen LogP contribution in [0.1, 0.15) is 12.5 Å². The van der Waals surface area contributed by atoms with Gasteiger partial charge in [0.25, 0.3) is 0 Å². The number of hydrogen-bond donors (Lipinski definition) is 1. The fourth-order valence-electron chi connectivity index (χ4n) is 1.38. The van der Waals surface area contributed by atoms with Crippen LogP contribution in [0.15, 0.2) is 24.3 Å². The number of hydrogen-bond acceptors (Lipinski definition) is 2. The van der Waals surface area contributed by atoms with Gasteiger partial charge >= 0.3 is 6.18 Å². The smallest absolute Gasteiger partial charge is 0.401 e. The van der Waals surface area contributed by atoms with Crippen molar-refractivity contribution in [3.63, 3.8) is 0 Å². The molecule has 0 aromatic heterocycles. The van der Waals surface area contributed by atoms with E-state index in [0.717, 1.165) is 5.56 Å². The lowest BCUT2D eigenvalue weighted by Gasteiger charge is -2.16. The molecule has 0 saturated carbocycles. The molecular weight excluding hydrogens is 231 g/mol. The van der Waals surface area contributed by atoms with Crippen LogP contribution in [-0.2, 0) is 0 Å². The van der Waals surface area contributed by atoms with Crippen LogP contribution in [0.4, 0.5) is 13.2 Å². The molecule has 1 rings (SSSR count). The summed E-state index contributed by atoms with van der Waals surface area (Å²) in [5, 5.41) is 2.31. The van der Waals surface area contributed by atoms with Crippen LogP contribution >= 0.6 is 0 Å². The molecule has 2 nitrogen and oxygen atoms in total. The molecule has 0 saturated heterocycles. The Balaban J connectivity index is 2.32. The molecule has 96 valence electrons. The average molecular weight is 247 g/mol. The predicted octanol–water partition coefficient (Wildman–Crippen LogP) is 2.91. The second kappa shape index (κ2) is 5.91. The average Bonchev–Trinajstić information content (AvgIpc) is 2.15. The highest BCUT2D eigenvalue weighted by Gasteiger charge is 2.26. The number of benzene rings is 1. The van der Waals surface area contributed by atoms with E-state index in [-0.39, 0.29) is 12.6 Å². The lowest BCUT2D eigenvalue weighted by atomic mass is 10.2. The first-order chi connectivity index (χ1) is 7.87. The molecule has 5 heteroatoms. The maximum absolute atomic E-state index is 11.9. The number of halogens is 3. The Bertz CT molecular complexity index is 352. The van der Waals surface area contributed by atoms with E-state index in [9.17, 15) is 13.2 Å². The van der Waals surface area contributed by atoms with Crippen molar-refractivity contribution in [3.05, 3.63) is 29.8 Å². The number of ether oxygens (including phenoxy) is 1. The lowest BCUT2D eigenvalue weighted by molar-refractivity contribution is -0.125. The predicted molar refractivity (Wildman–Crippen MR) is 60.2 cm³/mol. The third-order valence-electron chi connectivity index (χ3n) is 2.08. The van der Waals surface area contributed by atoms with Crippen molar-refractivity contribution in [3.8, 4) is 5.75 Å². The molecule has 0 aliphatic carbocycles. The third-order valence-corrected chi connectivity index (χ3v) is 2.08. The van der Waals surface area contributed by atoms with Crippen LogP contribution in [0.5, 0.6) is 5.75 Å². The SMILES string of the molecule is Cc1cccc(OC(C)CNCC(F)(F)F)c1. The van der Waals surface area contributed by atoms with Gasteiger partial charge < -0.3 is 10.1 Å². The van der Waals surface area contributed by atoms with Crippen LogP contribution < -0.4 is 10.1 Å². The molecule has 0 heterocycles. The molecule has 1 aromatic carbocycles. The minimum absolute atomic E-state index is 0.160. The fraction of sp³-hybridized carbons (Fsp3) is 0.500. The lowest BCUT2D eigenvalue weighted by Crippen LogP contribution is -2.35. The summed E-state index contributed by atoms with van der Waals surface area (Å²) in [5.41, 5.74) is 1.05. The van der Waals surface area contributed by atoms with Crippen LogP contribution in [0.2, 0.25) is 0 Å². The van der Waals surface area contributed by atoms with Crippen LogP contribution in [0.3, 0.4) is 0 Å². The van der Waals surface area contributed by atoms with E-state index in [0.29, 0.717) is 5.75 Å². The van der Waals surface area contributed by atoms with Crippen molar-refractivity contribution in [2.75, 3.05) is 13.1 Å². The number of nitrogens with one attached hydrogen (secondary N) is 1. The topological polar surface area (TPSA) is 21.3 Å². The largest absolute Gasteiger partial charge is 0.489 e. The van der Waals surface area contributed by atoms with Gasteiger partial charge in [-0.15, -0.1) is 0 Å². The summed E-state index contributed by atoms with van der Waals surface area (Å²) in [6.07, 6.45) is -4.48. The summed E-state index contributed by atoms with van der Waals surface area (Å²) < 4.78 is 41.1. The second-order valence-electron chi connectivity index (χ2n) is 3.99. The van der Waals surface area contributed by atoms with E-state index in [4.69, 9.17) is 4.74 Å². The minimum atomic E-state index is -4.18. The summed E-state index contributed by atoms with van der Waals surface area (Å²) in [7, 11) is 0. The molecule has 0 radical (unpaired) electrons. The highest BCUT2D eigenvalue weighted by molar-refractivity contribution is 5.27. The molecular formula is C12H16F3NO. The zero-order valence-electron chi connectivity index (χ0n) is 9.84. The van der Waals surface area contributed by atoms with Gasteiger partial charge in [0.1, 0.15) is 11.9 Å². The molecule has 0 spiro atoms. The van der Waals surface area contributed by atoms with E-state index >= 15 is 0 Å². The van der Waals surface area contributed by atoms with Crippen molar-refractivity contribution in [1.29, 1.82) is 0 Å². The molecule has 1 N–H and O–H groups in total. The van der Waals surface area contributed by atoms with E-state index in [2.05, 4.69) is 5.32 Å². The van der Waals surface area contributed by atoms with E-state index < -0.39 is 12.7 Å². The van der Waals surface area contributed by atoms with Gasteiger partial charge in [-0.1, -0.05) is 12.1 Å². The fourth-order valence-corrected chi connectivity index (χ4v) is 1.38. The normalized spacial score (nSPS) is 13.5. The van der Waals surface area contributed by atoms with Crippen molar-refractivity contribution in [1.82, 2.24) is 5.32 Å². The Kier molecular flexibility index (Phi) is 4.81. The Labute approximate surface area is 98.8 Å². The van der Waals surface area contributed by atoms with Crippen molar-refractivity contribution >= 4 is 0 Å². The molecule has 1 atom stereocenters. The molecule has 0 fully saturated rings. The molecule has 0 aliphatic heterocycles. The Morgan fingerprint density at radius 3 is 2.65 bits per heavy atom. The Morgan fingerprint density at radius 1 is 1.35 bits per heavy atom. The summed E-state index contributed by atoms with van der Waals surface area (Å²) in [6, 6.07) is 7.41. The van der Waals surface area contributed by atoms with Crippen LogP contribution in [0, 0.1) is 6.92 Å². The van der Waals surface area contributed by atoms with Gasteiger partial charge in [-0.2, -0.15) is 13.2 Å². The second-order valence-corrected chi connectivity index (χ2v) is 3.99. The highest BCUT2D eigenvalue weighted by atomic mass is 19.4. The minimum Gasteiger partial charge on any atom is -0.489 e. The van der Waals surface area contributed by atoms with Crippen LogP contribution in [0.25, 0.3) is 0 Å². The van der Waals surface area contributed by atoms with Gasteiger partial charge in [0.15, 0.2) is 0 Å². The quantitative estimate of drug-likeness (QED) is 0.863. The van der Waals surface area contributed by atoms with E-state index in [1.54, 1.807) is 13.0 Å². The molecule has 1 unspecified atom stereocenters. The summed E-state index contributed by atoms with van der Waals surface area (Å²) >= 11 is 0. The highest BCUT2D eigenvalue weighted by Crippen LogP contribution is 2.14. The van der Waals surface area contributed by atoms with Gasteiger partial charge in [0.2, 0.25) is 0 Å². The standard InChI is InChI=1S/C12H16F3NO/c1-9-4-3-5-11(6-9)17-10(2)7-16-8-12(13,14)15/h3-6,10,16H,7-8H2,1-2H3. The molecule has 0 bridgehead atoms. The zero-order valence-corrected chi connectivity index (χ0v) is 9.84. The van der Waals surface area contributed by atoms with Crippen molar-refractivity contribution < 1.29 is 17.9 Å². The third kappa shape index (κ3) is 6.16. The number of alkyl halides is 3. The molecule has 17 heavy (non-hydrogen) atoms. The van der Waals surface area contributed by atoms with Crippen molar-refractivity contribution in [2.45, 2.75) is 26.1 Å². The van der Waals surface area contributed by atoms with Gasteiger partial charge in [-0.05, 0) is 31.5 Å². The summed E-state index contributed by atoms with van der Waals surface area (Å²) in [6.45, 7) is 2.83. The van der Waals surface area contributed by atoms with Gasteiger partial charge in [0.05, 0.1) is 6.54 Å². The molecule has 1 aromatic rings. The van der Waals surface area contributed by atoms with E-state index in [1.807, 2.05) is 25.1 Å². The Hall–Kier alpha value is -1.23. The monoisotopic (exact) mass is 247 g/mol. The van der Waals surface area contributed by atoms with E-state index in [1.165, 1.54) is 0 Å². The van der Waals surface area contributed by atoms with Gasteiger partial charge in [-0.25, -0.2) is 0 Å². The first-order valence-corrected chi connectivity index (χ1v) is 5.37. The number of rotatable bonds is 5. The zero-order chi connectivity index (χ0) is 12.9. The molecule has 0 amide bonds. The molecule has 0 aliphatic rings. The summed E-state index contributed by atoms with van der Waals surface area (Å²) in [5.74, 6) is 0.673.